The van der Waals surface area contributed by atoms with Crippen molar-refractivity contribution >= 4 is 17.6 Å². The summed E-state index contributed by atoms with van der Waals surface area (Å²) in [5.74, 6) is -0.462. The first kappa shape index (κ1) is 12.0. The molecular weight excluding hydrogens is 266 g/mol. The zero-order valence-corrected chi connectivity index (χ0v) is 10.7. The second-order valence-corrected chi connectivity index (χ2v) is 4.79. The van der Waals surface area contributed by atoms with Crippen molar-refractivity contribution in [1.29, 1.82) is 0 Å². The van der Waals surface area contributed by atoms with Crippen LogP contribution in [0.1, 0.15) is 21.5 Å². The molecule has 1 aromatic heterocycles. The molecule has 1 aliphatic heterocycles. The van der Waals surface area contributed by atoms with Crippen LogP contribution < -0.4 is 9.47 Å². The van der Waals surface area contributed by atoms with E-state index in [0.717, 1.165) is 11.1 Å². The van der Waals surface area contributed by atoms with Crippen molar-refractivity contribution in [3.05, 3.63) is 63.4 Å². The van der Waals surface area contributed by atoms with Gasteiger partial charge in [-0.3, -0.25) is 0 Å². The number of esters is 1. The highest BCUT2D eigenvalue weighted by Gasteiger charge is 2.24. The molecule has 0 fully saturated rings. The van der Waals surface area contributed by atoms with Crippen LogP contribution in [0.4, 0.5) is 0 Å². The lowest BCUT2D eigenvalue weighted by Crippen LogP contribution is -2.32. The predicted molar refractivity (Wildman–Crippen MR) is 69.2 cm³/mol. The number of hydrogen-bond acceptors (Lipinski definition) is 3. The van der Waals surface area contributed by atoms with Gasteiger partial charge in [-0.05, 0) is 42.7 Å². The van der Waals surface area contributed by atoms with Gasteiger partial charge in [0.1, 0.15) is 0 Å². The first-order chi connectivity index (χ1) is 9.15. The molecule has 0 saturated carbocycles. The summed E-state index contributed by atoms with van der Waals surface area (Å²) < 4.78 is 5.78. The van der Waals surface area contributed by atoms with Gasteiger partial charge >= 0.3 is 11.8 Å². The Kier molecular flexibility index (Phi) is 2.87. The smallest absolute Gasteiger partial charge is 0.390 e. The molecule has 0 amide bonds. The number of benzene rings is 1. The molecule has 1 aliphatic rings. The summed E-state index contributed by atoms with van der Waals surface area (Å²) >= 11 is 5.94. The molecule has 0 saturated heterocycles. The van der Waals surface area contributed by atoms with Crippen molar-refractivity contribution in [2.75, 3.05) is 0 Å². The Morgan fingerprint density at radius 2 is 2.00 bits per heavy atom. The second kappa shape index (κ2) is 4.55. The largest absolute Gasteiger partial charge is 0.616 e. The third kappa shape index (κ3) is 2.15. The summed E-state index contributed by atoms with van der Waals surface area (Å²) in [6.07, 6.45) is 2.58. The molecule has 4 nitrogen and oxygen atoms in total. The molecule has 0 bridgehead atoms. The van der Waals surface area contributed by atoms with Crippen LogP contribution in [0.2, 0.25) is 5.02 Å². The Morgan fingerprint density at radius 1 is 1.21 bits per heavy atom. The second-order valence-electron chi connectivity index (χ2n) is 4.36. The van der Waals surface area contributed by atoms with E-state index in [2.05, 4.69) is 0 Å². The third-order valence-electron chi connectivity index (χ3n) is 3.13. The van der Waals surface area contributed by atoms with Crippen LogP contribution in [0.15, 0.2) is 36.5 Å². The number of carbonyl (C=O) groups excluding carboxylic acids is 1. The normalized spacial score (nSPS) is 13.8. The van der Waals surface area contributed by atoms with Gasteiger partial charge in [-0.15, -0.1) is 4.73 Å². The molecule has 2 aromatic rings. The number of carbonyl (C=O) groups is 1. The van der Waals surface area contributed by atoms with E-state index in [-0.39, 0.29) is 5.88 Å². The van der Waals surface area contributed by atoms with Crippen molar-refractivity contribution in [2.45, 2.75) is 12.8 Å². The standard InChI is InChI=1S/C14H10ClNO3/c15-11-5-6-12-10(8-11)4-3-9-2-1-7-16(18)13(9)19-14(12)17/h1-2,5-8H,3-4H2. The van der Waals surface area contributed by atoms with Gasteiger partial charge < -0.3 is 9.94 Å². The van der Waals surface area contributed by atoms with Gasteiger partial charge in [0.2, 0.25) is 0 Å². The van der Waals surface area contributed by atoms with Crippen molar-refractivity contribution in [3.8, 4) is 5.88 Å². The number of rotatable bonds is 0. The lowest BCUT2D eigenvalue weighted by atomic mass is 9.99. The van der Waals surface area contributed by atoms with E-state index in [1.54, 1.807) is 30.3 Å². The number of hydrogen-bond donors (Lipinski definition) is 0. The highest BCUT2D eigenvalue weighted by molar-refractivity contribution is 6.30. The van der Waals surface area contributed by atoms with Gasteiger partial charge in [0, 0.05) is 11.1 Å². The topological polar surface area (TPSA) is 53.2 Å². The van der Waals surface area contributed by atoms with E-state index in [1.165, 1.54) is 6.20 Å². The molecule has 5 heteroatoms. The average molecular weight is 276 g/mol. The van der Waals surface area contributed by atoms with Crippen LogP contribution in [0.25, 0.3) is 0 Å². The quantitative estimate of drug-likeness (QED) is 0.421. The van der Waals surface area contributed by atoms with E-state index in [1.807, 2.05) is 0 Å². The van der Waals surface area contributed by atoms with Crippen molar-refractivity contribution in [3.63, 3.8) is 0 Å². The molecule has 3 rings (SSSR count). The third-order valence-corrected chi connectivity index (χ3v) is 3.37. The zero-order chi connectivity index (χ0) is 13.4. The molecule has 0 atom stereocenters. The summed E-state index contributed by atoms with van der Waals surface area (Å²) in [6.45, 7) is 0. The molecule has 2 heterocycles. The summed E-state index contributed by atoms with van der Waals surface area (Å²) in [6, 6.07) is 8.45. The van der Waals surface area contributed by atoms with Gasteiger partial charge in [0.25, 0.3) is 0 Å². The maximum atomic E-state index is 12.1. The van der Waals surface area contributed by atoms with Gasteiger partial charge in [0.05, 0.1) is 11.1 Å². The Hall–Kier alpha value is -2.07. The van der Waals surface area contributed by atoms with Crippen molar-refractivity contribution < 1.29 is 14.3 Å². The minimum Gasteiger partial charge on any atom is -0.616 e. The number of pyridine rings is 1. The van der Waals surface area contributed by atoms with E-state index in [0.29, 0.717) is 28.2 Å². The minimum atomic E-state index is -0.525. The fourth-order valence-corrected chi connectivity index (χ4v) is 2.39. The average Bonchev–Trinajstić information content (AvgIpc) is 2.37. The minimum absolute atomic E-state index is 0.0631. The molecule has 96 valence electrons. The van der Waals surface area contributed by atoms with Crippen LogP contribution in [-0.4, -0.2) is 5.97 Å². The SMILES string of the molecule is O=C1Oc2c(ccc[n+]2[O-])CCc2cc(Cl)ccc21. The van der Waals surface area contributed by atoms with Crippen LogP contribution in [0.5, 0.6) is 5.88 Å². The van der Waals surface area contributed by atoms with E-state index in [9.17, 15) is 10.0 Å². The maximum absolute atomic E-state index is 12.1. The van der Waals surface area contributed by atoms with Crippen LogP contribution >= 0.6 is 11.6 Å². The molecule has 0 spiro atoms. The summed E-state index contributed by atoms with van der Waals surface area (Å²) in [5.41, 5.74) is 2.01. The Morgan fingerprint density at radius 3 is 2.84 bits per heavy atom. The molecule has 0 radical (unpaired) electrons. The summed E-state index contributed by atoms with van der Waals surface area (Å²) in [7, 11) is 0. The number of nitrogens with zero attached hydrogens (tertiary/aromatic N) is 1. The highest BCUT2D eigenvalue weighted by atomic mass is 35.5. The lowest BCUT2D eigenvalue weighted by Gasteiger charge is -2.15. The molecule has 0 unspecified atom stereocenters. The number of fused-ring (bicyclic) bond motifs is 2. The molecule has 0 N–H and O–H groups in total. The lowest BCUT2D eigenvalue weighted by molar-refractivity contribution is -0.611. The number of aromatic nitrogens is 1. The van der Waals surface area contributed by atoms with Crippen LogP contribution in [0, 0.1) is 5.21 Å². The molecular formula is C14H10ClNO3. The van der Waals surface area contributed by atoms with Crippen molar-refractivity contribution in [1.82, 2.24) is 0 Å². The monoisotopic (exact) mass is 275 g/mol. The van der Waals surface area contributed by atoms with E-state index < -0.39 is 5.97 Å². The van der Waals surface area contributed by atoms with E-state index >= 15 is 0 Å². The first-order valence-corrected chi connectivity index (χ1v) is 6.24. The van der Waals surface area contributed by atoms with Gasteiger partial charge in [-0.1, -0.05) is 11.6 Å². The predicted octanol–water partition coefficient (Wildman–Crippen LogP) is 2.29. The van der Waals surface area contributed by atoms with Crippen LogP contribution in [-0.2, 0) is 12.8 Å². The van der Waals surface area contributed by atoms with Crippen molar-refractivity contribution in [2.24, 2.45) is 0 Å². The van der Waals surface area contributed by atoms with Gasteiger partial charge in [-0.25, -0.2) is 4.79 Å². The summed E-state index contributed by atoms with van der Waals surface area (Å²) in [4.78, 5) is 12.1. The Bertz CT molecular complexity index is 670. The number of halogens is 1. The molecule has 0 aliphatic carbocycles. The van der Waals surface area contributed by atoms with Crippen LogP contribution in [0.3, 0.4) is 0 Å². The highest BCUT2D eigenvalue weighted by Crippen LogP contribution is 2.24. The van der Waals surface area contributed by atoms with E-state index in [4.69, 9.17) is 16.3 Å². The Labute approximate surface area is 114 Å². The zero-order valence-electron chi connectivity index (χ0n) is 9.93. The Balaban J connectivity index is 2.09. The van der Waals surface area contributed by atoms with Gasteiger partial charge in [0.15, 0.2) is 6.20 Å². The summed E-state index contributed by atoms with van der Waals surface area (Å²) in [5, 5.41) is 12.2. The number of ether oxygens (including phenoxy) is 1. The number of aryl methyl sites for hydroxylation is 2. The fraction of sp³-hybridized carbons (Fsp3) is 0.143. The molecule has 19 heavy (non-hydrogen) atoms. The fourth-order valence-electron chi connectivity index (χ4n) is 2.20. The maximum Gasteiger partial charge on any atom is 0.390 e. The van der Waals surface area contributed by atoms with Gasteiger partial charge in [-0.2, -0.15) is 0 Å². The first-order valence-electron chi connectivity index (χ1n) is 5.87. The molecule has 1 aromatic carbocycles.